The third-order valence-corrected chi connectivity index (χ3v) is 7.79. The van der Waals surface area contributed by atoms with Gasteiger partial charge in [-0.2, -0.15) is 9.29 Å². The van der Waals surface area contributed by atoms with Gasteiger partial charge in [-0.3, -0.25) is 4.79 Å². The predicted molar refractivity (Wildman–Crippen MR) is 122 cm³/mol. The Morgan fingerprint density at radius 1 is 1.22 bits per heavy atom. The summed E-state index contributed by atoms with van der Waals surface area (Å²) in [7, 11) is -1.96. The highest BCUT2D eigenvalue weighted by Crippen LogP contribution is 2.25. The van der Waals surface area contributed by atoms with Crippen LogP contribution in [0.5, 0.6) is 0 Å². The largest absolute Gasteiger partial charge is 0.337 e. The lowest BCUT2D eigenvalue weighted by atomic mass is 9.98. The molecule has 1 unspecified atom stereocenters. The number of amides is 1. The van der Waals surface area contributed by atoms with E-state index in [9.17, 15) is 13.2 Å². The Labute approximate surface area is 195 Å². The number of halogens is 1. The molecule has 1 aromatic heterocycles. The van der Waals surface area contributed by atoms with E-state index < -0.39 is 15.9 Å². The molecule has 1 aliphatic heterocycles. The first-order valence-electron chi connectivity index (χ1n) is 10.2. The van der Waals surface area contributed by atoms with Gasteiger partial charge in [0.15, 0.2) is 0 Å². The number of carbonyl (C=O) groups excluding carboxylic acids is 1. The van der Waals surface area contributed by atoms with Crippen molar-refractivity contribution in [3.05, 3.63) is 65.0 Å². The molecule has 1 aliphatic rings. The van der Waals surface area contributed by atoms with Crippen molar-refractivity contribution in [3.8, 4) is 11.4 Å². The van der Waals surface area contributed by atoms with E-state index >= 15 is 0 Å². The van der Waals surface area contributed by atoms with E-state index in [0.717, 1.165) is 10.0 Å². The molecule has 0 spiro atoms. The SMILES string of the molecule is CN(Cc1nc(-c2cccc(Br)c2)no1)C(=O)C1CCCN(S(=O)(=O)c2ccccc2)C1. The summed E-state index contributed by atoms with van der Waals surface area (Å²) in [5, 5.41) is 4.00. The molecule has 2 aromatic carbocycles. The van der Waals surface area contributed by atoms with E-state index in [-0.39, 0.29) is 23.9 Å². The van der Waals surface area contributed by atoms with Crippen LogP contribution in [0.3, 0.4) is 0 Å². The predicted octanol–water partition coefficient (Wildman–Crippen LogP) is 3.56. The smallest absolute Gasteiger partial charge is 0.246 e. The zero-order chi connectivity index (χ0) is 22.7. The molecule has 1 atom stereocenters. The van der Waals surface area contributed by atoms with Crippen molar-refractivity contribution in [2.75, 3.05) is 20.1 Å². The lowest BCUT2D eigenvalue weighted by molar-refractivity contribution is -0.136. The van der Waals surface area contributed by atoms with Crippen LogP contribution in [-0.4, -0.2) is 53.8 Å². The maximum absolute atomic E-state index is 13.0. The number of sulfonamides is 1. The van der Waals surface area contributed by atoms with Crippen LogP contribution >= 0.6 is 15.9 Å². The summed E-state index contributed by atoms with van der Waals surface area (Å²) in [6.45, 7) is 0.722. The molecule has 10 heteroatoms. The number of aromatic nitrogens is 2. The summed E-state index contributed by atoms with van der Waals surface area (Å²) in [6.07, 6.45) is 1.26. The zero-order valence-electron chi connectivity index (χ0n) is 17.5. The summed E-state index contributed by atoms with van der Waals surface area (Å²) in [5.74, 6) is 0.209. The molecule has 4 rings (SSSR count). The van der Waals surface area contributed by atoms with Crippen LogP contribution in [0.15, 0.2) is 68.5 Å². The number of benzene rings is 2. The van der Waals surface area contributed by atoms with Crippen molar-refractivity contribution in [1.82, 2.24) is 19.3 Å². The van der Waals surface area contributed by atoms with Crippen molar-refractivity contribution < 1.29 is 17.7 Å². The first kappa shape index (κ1) is 22.6. The van der Waals surface area contributed by atoms with Gasteiger partial charge in [-0.25, -0.2) is 8.42 Å². The lowest BCUT2D eigenvalue weighted by Crippen LogP contribution is -2.45. The Balaban J connectivity index is 1.42. The molecule has 0 N–H and O–H groups in total. The maximum atomic E-state index is 13.0. The van der Waals surface area contributed by atoms with Crippen molar-refractivity contribution in [2.45, 2.75) is 24.3 Å². The molecule has 8 nitrogen and oxygen atoms in total. The second-order valence-electron chi connectivity index (χ2n) is 7.73. The Morgan fingerprint density at radius 2 is 2.00 bits per heavy atom. The number of nitrogens with zero attached hydrogens (tertiary/aromatic N) is 4. The molecule has 0 radical (unpaired) electrons. The van der Waals surface area contributed by atoms with Gasteiger partial charge < -0.3 is 9.42 Å². The van der Waals surface area contributed by atoms with E-state index in [2.05, 4.69) is 26.1 Å². The number of rotatable bonds is 6. The Hall–Kier alpha value is -2.56. The number of hydrogen-bond donors (Lipinski definition) is 0. The topological polar surface area (TPSA) is 96.6 Å². The second kappa shape index (κ2) is 9.51. The number of piperidine rings is 1. The van der Waals surface area contributed by atoms with Crippen LogP contribution in [0.2, 0.25) is 0 Å². The Morgan fingerprint density at radius 3 is 2.75 bits per heavy atom. The quantitative estimate of drug-likeness (QED) is 0.494. The average Bonchev–Trinajstić information content (AvgIpc) is 3.28. The molecule has 1 amide bonds. The van der Waals surface area contributed by atoms with Crippen LogP contribution in [0.25, 0.3) is 11.4 Å². The Kier molecular flexibility index (Phi) is 6.73. The Bertz CT molecular complexity index is 1200. The van der Waals surface area contributed by atoms with E-state index in [0.29, 0.717) is 31.1 Å². The van der Waals surface area contributed by atoms with E-state index in [1.807, 2.05) is 24.3 Å². The highest BCUT2D eigenvalue weighted by Gasteiger charge is 2.34. The van der Waals surface area contributed by atoms with Gasteiger partial charge in [0.25, 0.3) is 0 Å². The minimum atomic E-state index is -3.63. The van der Waals surface area contributed by atoms with Gasteiger partial charge in [0.1, 0.15) is 0 Å². The van der Waals surface area contributed by atoms with Crippen molar-refractivity contribution in [2.24, 2.45) is 5.92 Å². The number of carbonyl (C=O) groups is 1. The van der Waals surface area contributed by atoms with Gasteiger partial charge in [0.2, 0.25) is 27.6 Å². The van der Waals surface area contributed by atoms with E-state index in [4.69, 9.17) is 4.52 Å². The fourth-order valence-corrected chi connectivity index (χ4v) is 5.70. The summed E-state index contributed by atoms with van der Waals surface area (Å²) in [5.41, 5.74) is 0.803. The standard InChI is InChI=1S/C22H23BrN4O4S/c1-26(15-20-24-21(25-31-20)16-7-5-9-18(23)13-16)22(28)17-8-6-12-27(14-17)32(29,30)19-10-3-2-4-11-19/h2-5,7,9-11,13,17H,6,8,12,14-15H2,1H3. The summed E-state index contributed by atoms with van der Waals surface area (Å²) in [4.78, 5) is 19.2. The van der Waals surface area contributed by atoms with Crippen LogP contribution < -0.4 is 0 Å². The van der Waals surface area contributed by atoms with Crippen LogP contribution in [0.4, 0.5) is 0 Å². The third-order valence-electron chi connectivity index (χ3n) is 5.41. The molecule has 0 saturated carbocycles. The van der Waals surface area contributed by atoms with Crippen molar-refractivity contribution in [1.29, 1.82) is 0 Å². The van der Waals surface area contributed by atoms with Crippen LogP contribution in [-0.2, 0) is 21.4 Å². The molecule has 1 saturated heterocycles. The summed E-state index contributed by atoms with van der Waals surface area (Å²) < 4.78 is 33.5. The lowest BCUT2D eigenvalue weighted by Gasteiger charge is -2.33. The maximum Gasteiger partial charge on any atom is 0.246 e. The fraction of sp³-hybridized carbons (Fsp3) is 0.318. The van der Waals surface area contributed by atoms with Crippen LogP contribution in [0, 0.1) is 5.92 Å². The summed E-state index contributed by atoms with van der Waals surface area (Å²) in [6, 6.07) is 15.9. The van der Waals surface area contributed by atoms with Gasteiger partial charge in [0.05, 0.1) is 17.4 Å². The zero-order valence-corrected chi connectivity index (χ0v) is 19.9. The molecule has 0 bridgehead atoms. The van der Waals surface area contributed by atoms with Crippen LogP contribution in [0.1, 0.15) is 18.7 Å². The highest BCUT2D eigenvalue weighted by atomic mass is 79.9. The van der Waals surface area contributed by atoms with Gasteiger partial charge in [0, 0.05) is 30.2 Å². The van der Waals surface area contributed by atoms with Gasteiger partial charge in [-0.15, -0.1) is 0 Å². The highest BCUT2D eigenvalue weighted by molar-refractivity contribution is 9.10. The minimum Gasteiger partial charge on any atom is -0.337 e. The molecular weight excluding hydrogens is 496 g/mol. The fourth-order valence-electron chi connectivity index (χ4n) is 3.76. The molecule has 32 heavy (non-hydrogen) atoms. The van der Waals surface area contributed by atoms with Gasteiger partial charge in [-0.05, 0) is 37.1 Å². The first-order valence-corrected chi connectivity index (χ1v) is 12.5. The molecule has 168 valence electrons. The molecule has 2 heterocycles. The summed E-state index contributed by atoms with van der Waals surface area (Å²) >= 11 is 3.42. The van der Waals surface area contributed by atoms with E-state index in [1.54, 1.807) is 37.4 Å². The normalized spacial score (nSPS) is 17.2. The third kappa shape index (κ3) is 4.92. The second-order valence-corrected chi connectivity index (χ2v) is 10.6. The van der Waals surface area contributed by atoms with Gasteiger partial charge in [-0.1, -0.05) is 51.4 Å². The van der Waals surface area contributed by atoms with Crippen molar-refractivity contribution >= 4 is 31.9 Å². The first-order chi connectivity index (χ1) is 15.3. The van der Waals surface area contributed by atoms with E-state index in [1.165, 1.54) is 9.21 Å². The molecule has 1 fully saturated rings. The monoisotopic (exact) mass is 518 g/mol. The number of hydrogen-bond acceptors (Lipinski definition) is 6. The minimum absolute atomic E-state index is 0.139. The molecular formula is C22H23BrN4O4S. The van der Waals surface area contributed by atoms with Gasteiger partial charge >= 0.3 is 0 Å². The molecule has 0 aliphatic carbocycles. The van der Waals surface area contributed by atoms with Crippen molar-refractivity contribution in [3.63, 3.8) is 0 Å². The average molecular weight is 519 g/mol. The molecule has 3 aromatic rings.